The van der Waals surface area contributed by atoms with Crippen LogP contribution >= 0.6 is 11.3 Å². The Bertz CT molecular complexity index is 1450. The molecule has 2 N–H and O–H groups in total. The number of aromatic amines is 2. The van der Waals surface area contributed by atoms with Gasteiger partial charge in [0, 0.05) is 28.9 Å². The minimum absolute atomic E-state index is 0.818. The zero-order valence-electron chi connectivity index (χ0n) is 15.3. The van der Waals surface area contributed by atoms with E-state index >= 15 is 0 Å². The molecule has 0 spiro atoms. The second kappa shape index (κ2) is 6.39. The molecule has 6 aromatic rings. The van der Waals surface area contributed by atoms with E-state index in [4.69, 9.17) is 4.98 Å². The molecule has 0 bridgehead atoms. The third-order valence-corrected chi connectivity index (χ3v) is 5.80. The van der Waals surface area contributed by atoms with Gasteiger partial charge in [0.25, 0.3) is 0 Å². The predicted octanol–water partition coefficient (Wildman–Crippen LogP) is 5.90. The van der Waals surface area contributed by atoms with Crippen LogP contribution in [0.4, 0.5) is 0 Å². The Morgan fingerprint density at radius 3 is 2.76 bits per heavy atom. The van der Waals surface area contributed by atoms with Crippen molar-refractivity contribution in [3.05, 3.63) is 77.8 Å². The molecule has 138 valence electrons. The summed E-state index contributed by atoms with van der Waals surface area (Å²) in [6.45, 7) is 0. The summed E-state index contributed by atoms with van der Waals surface area (Å²) in [5.41, 5.74) is 8.91. The third-order valence-electron chi connectivity index (χ3n) is 5.12. The Balaban J connectivity index is 1.53. The summed E-state index contributed by atoms with van der Waals surface area (Å²) in [5, 5.41) is 13.1. The molecule has 0 saturated heterocycles. The molecule has 0 radical (unpaired) electrons. The molecule has 5 heterocycles. The molecule has 5 aromatic heterocycles. The maximum absolute atomic E-state index is 4.87. The summed E-state index contributed by atoms with van der Waals surface area (Å²) in [4.78, 5) is 12.6. The number of rotatable bonds is 3. The molecule has 0 aliphatic rings. The number of hydrogen-bond donors (Lipinski definition) is 2. The Morgan fingerprint density at radius 2 is 1.90 bits per heavy atom. The fourth-order valence-corrected chi connectivity index (χ4v) is 4.37. The molecule has 5 nitrogen and oxygen atoms in total. The second-order valence-corrected chi connectivity index (χ2v) is 7.65. The zero-order valence-corrected chi connectivity index (χ0v) is 16.1. The highest BCUT2D eigenvalue weighted by atomic mass is 32.1. The summed E-state index contributed by atoms with van der Waals surface area (Å²) in [7, 11) is 0. The Morgan fingerprint density at radius 1 is 0.897 bits per heavy atom. The maximum Gasteiger partial charge on any atom is 0.135 e. The van der Waals surface area contributed by atoms with Crippen LogP contribution in [0.3, 0.4) is 0 Å². The summed E-state index contributed by atoms with van der Waals surface area (Å²) >= 11 is 1.71. The van der Waals surface area contributed by atoms with Gasteiger partial charge in [0.05, 0.1) is 16.9 Å². The summed E-state index contributed by atoms with van der Waals surface area (Å²) in [6.07, 6.45) is 3.59. The van der Waals surface area contributed by atoms with Crippen LogP contribution in [-0.2, 0) is 0 Å². The van der Waals surface area contributed by atoms with E-state index in [0.29, 0.717) is 0 Å². The van der Waals surface area contributed by atoms with Gasteiger partial charge in [0.1, 0.15) is 11.2 Å². The van der Waals surface area contributed by atoms with Crippen molar-refractivity contribution in [1.82, 2.24) is 25.1 Å². The highest BCUT2D eigenvalue weighted by Crippen LogP contribution is 2.34. The van der Waals surface area contributed by atoms with Gasteiger partial charge in [0.2, 0.25) is 0 Å². The van der Waals surface area contributed by atoms with Crippen LogP contribution in [0.1, 0.15) is 0 Å². The van der Waals surface area contributed by atoms with Gasteiger partial charge >= 0.3 is 0 Å². The molecule has 0 fully saturated rings. The Labute approximate surface area is 170 Å². The van der Waals surface area contributed by atoms with Gasteiger partial charge in [0.15, 0.2) is 0 Å². The summed E-state index contributed by atoms with van der Waals surface area (Å²) in [5.74, 6) is 0. The largest absolute Gasteiger partial charge is 0.353 e. The Hall–Kier alpha value is -3.77. The first kappa shape index (κ1) is 16.2. The molecule has 0 atom stereocenters. The topological polar surface area (TPSA) is 70.2 Å². The second-order valence-electron chi connectivity index (χ2n) is 6.87. The lowest BCUT2D eigenvalue weighted by Crippen LogP contribution is -1.86. The molecule has 29 heavy (non-hydrogen) atoms. The number of pyridine rings is 2. The molecule has 0 aliphatic heterocycles. The molecule has 0 amide bonds. The van der Waals surface area contributed by atoms with Gasteiger partial charge in [-0.25, -0.2) is 4.98 Å². The number of nitrogens with one attached hydrogen (secondary N) is 2. The van der Waals surface area contributed by atoms with Crippen molar-refractivity contribution in [3.63, 3.8) is 0 Å². The van der Waals surface area contributed by atoms with Crippen molar-refractivity contribution in [2.45, 2.75) is 0 Å². The number of aromatic nitrogens is 5. The number of fused-ring (bicyclic) bond motifs is 2. The highest BCUT2D eigenvalue weighted by Gasteiger charge is 2.15. The van der Waals surface area contributed by atoms with E-state index < -0.39 is 0 Å². The lowest BCUT2D eigenvalue weighted by molar-refractivity contribution is 1.12. The van der Waals surface area contributed by atoms with E-state index in [-0.39, 0.29) is 0 Å². The maximum atomic E-state index is 4.87. The normalized spacial score (nSPS) is 11.4. The molecular formula is C23H15N5S. The van der Waals surface area contributed by atoms with E-state index in [9.17, 15) is 0 Å². The first-order chi connectivity index (χ1) is 14.4. The van der Waals surface area contributed by atoms with E-state index in [2.05, 4.69) is 61.3 Å². The molecule has 1 aromatic carbocycles. The number of nitrogens with zero attached hydrogens (tertiary/aromatic N) is 3. The number of thiophene rings is 1. The van der Waals surface area contributed by atoms with E-state index in [1.165, 1.54) is 16.5 Å². The lowest BCUT2D eigenvalue weighted by Gasteiger charge is -2.00. The van der Waals surface area contributed by atoms with Crippen LogP contribution in [0.15, 0.2) is 77.8 Å². The van der Waals surface area contributed by atoms with Crippen molar-refractivity contribution in [2.24, 2.45) is 0 Å². The van der Waals surface area contributed by atoms with Crippen molar-refractivity contribution in [2.75, 3.05) is 0 Å². The zero-order chi connectivity index (χ0) is 19.2. The minimum Gasteiger partial charge on any atom is -0.353 e. The summed E-state index contributed by atoms with van der Waals surface area (Å²) in [6, 6.07) is 18.6. The smallest absolute Gasteiger partial charge is 0.135 e. The monoisotopic (exact) mass is 393 g/mol. The van der Waals surface area contributed by atoms with Crippen LogP contribution < -0.4 is 0 Å². The SMILES string of the molecule is c1cncc(-c2ccc3[nH]nc(-c4cc5c(-c6ccsc6)cccc5[nH]4)c3n2)c1. The molecule has 0 unspecified atom stereocenters. The lowest BCUT2D eigenvalue weighted by atomic mass is 10.0. The first-order valence-corrected chi connectivity index (χ1v) is 10.2. The fourth-order valence-electron chi connectivity index (χ4n) is 3.71. The number of benzene rings is 1. The molecule has 6 rings (SSSR count). The quantitative estimate of drug-likeness (QED) is 0.393. The molecule has 0 saturated carbocycles. The van der Waals surface area contributed by atoms with E-state index in [1.54, 1.807) is 17.5 Å². The highest BCUT2D eigenvalue weighted by molar-refractivity contribution is 7.08. The van der Waals surface area contributed by atoms with Crippen LogP contribution in [0.5, 0.6) is 0 Å². The predicted molar refractivity (Wildman–Crippen MR) is 118 cm³/mol. The van der Waals surface area contributed by atoms with Crippen molar-refractivity contribution in [3.8, 4) is 33.8 Å². The first-order valence-electron chi connectivity index (χ1n) is 9.27. The van der Waals surface area contributed by atoms with Crippen molar-refractivity contribution >= 4 is 33.3 Å². The summed E-state index contributed by atoms with van der Waals surface area (Å²) < 4.78 is 0. The minimum atomic E-state index is 0.818. The average molecular weight is 393 g/mol. The third kappa shape index (κ3) is 2.65. The number of hydrogen-bond acceptors (Lipinski definition) is 4. The van der Waals surface area contributed by atoms with E-state index in [0.717, 1.165) is 39.2 Å². The molecule has 0 aliphatic carbocycles. The number of H-pyrrole nitrogens is 2. The van der Waals surface area contributed by atoms with Gasteiger partial charge in [-0.15, -0.1) is 0 Å². The van der Waals surface area contributed by atoms with Crippen LogP contribution in [-0.4, -0.2) is 25.1 Å². The van der Waals surface area contributed by atoms with Crippen molar-refractivity contribution in [1.29, 1.82) is 0 Å². The van der Waals surface area contributed by atoms with Gasteiger partial charge < -0.3 is 4.98 Å². The van der Waals surface area contributed by atoms with Crippen LogP contribution in [0.25, 0.3) is 55.7 Å². The van der Waals surface area contributed by atoms with Gasteiger partial charge in [-0.1, -0.05) is 12.1 Å². The Kier molecular flexibility index (Phi) is 3.57. The van der Waals surface area contributed by atoms with Crippen molar-refractivity contribution < 1.29 is 0 Å². The van der Waals surface area contributed by atoms with Gasteiger partial charge in [-0.2, -0.15) is 16.4 Å². The van der Waals surface area contributed by atoms with Crippen LogP contribution in [0, 0.1) is 0 Å². The van der Waals surface area contributed by atoms with Crippen LogP contribution in [0.2, 0.25) is 0 Å². The fraction of sp³-hybridized carbons (Fsp3) is 0. The van der Waals surface area contributed by atoms with E-state index in [1.807, 2.05) is 30.5 Å². The van der Waals surface area contributed by atoms with Gasteiger partial charge in [-0.05, 0) is 64.4 Å². The molecule has 6 heteroatoms. The average Bonchev–Trinajstić information content (AvgIpc) is 3.52. The van der Waals surface area contributed by atoms with Gasteiger partial charge in [-0.3, -0.25) is 10.1 Å². The standard InChI is InChI=1S/C23H15N5S/c1-4-16(15-8-10-29-13-15)17-11-21(25-19(17)5-1)23-22-20(27-28-23)7-6-18(26-22)14-3-2-9-24-12-14/h1-13,25H,(H,27,28). The molecular weight excluding hydrogens is 378 g/mol.